The van der Waals surface area contributed by atoms with Gasteiger partial charge in [0, 0.05) is 25.7 Å². The van der Waals surface area contributed by atoms with Crippen LogP contribution in [0.3, 0.4) is 0 Å². The summed E-state index contributed by atoms with van der Waals surface area (Å²) < 4.78 is 68.6. The van der Waals surface area contributed by atoms with E-state index in [4.69, 9.17) is 37.0 Å². The standard InChI is InChI=1S/C80H156O17P2/c1-7-10-12-14-16-18-19-20-28-35-40-46-52-58-64-79(84)96-75(68-90-77(82)62-56-50-44-17-15-13-11-8-2)70-94-98(86,87)92-66-74(81)67-93-99(88,89)95-71-76(69-91-78(83)63-57-51-45-39-34-31-30-32-37-42-48-54-60-72(4)5)97-80(85)65-59-53-47-41-36-29-26-24-22-21-23-25-27-33-38-43-49-55-61-73(6)9-3/h72-76,81H,7-71H2,1-6H3,(H,86,87)(H,88,89)/t73?,74-,75+,76+/m0/s1. The minimum absolute atomic E-state index is 0.108. The van der Waals surface area contributed by atoms with Crippen LogP contribution >= 0.6 is 15.6 Å². The molecule has 0 radical (unpaired) electrons. The van der Waals surface area contributed by atoms with E-state index in [1.54, 1.807) is 0 Å². The highest BCUT2D eigenvalue weighted by atomic mass is 31.2. The Bertz CT molecular complexity index is 1910. The lowest BCUT2D eigenvalue weighted by molar-refractivity contribution is -0.161. The van der Waals surface area contributed by atoms with Crippen molar-refractivity contribution in [3.8, 4) is 0 Å². The van der Waals surface area contributed by atoms with Gasteiger partial charge in [-0.05, 0) is 37.5 Å². The Labute approximate surface area is 607 Å². The van der Waals surface area contributed by atoms with E-state index in [1.807, 2.05) is 0 Å². The van der Waals surface area contributed by atoms with Gasteiger partial charge in [-0.2, -0.15) is 0 Å². The number of phosphoric acid groups is 2. The van der Waals surface area contributed by atoms with Crippen LogP contribution in [0.4, 0.5) is 0 Å². The molecule has 0 aliphatic carbocycles. The van der Waals surface area contributed by atoms with Crippen LogP contribution in [0.5, 0.6) is 0 Å². The molecule has 3 N–H and O–H groups in total. The monoisotopic (exact) mass is 1450 g/mol. The van der Waals surface area contributed by atoms with Crippen molar-refractivity contribution < 1.29 is 80.2 Å². The van der Waals surface area contributed by atoms with Crippen molar-refractivity contribution in [1.29, 1.82) is 0 Å². The first-order chi connectivity index (χ1) is 47.9. The van der Waals surface area contributed by atoms with Gasteiger partial charge in [0.1, 0.15) is 19.3 Å². The van der Waals surface area contributed by atoms with E-state index >= 15 is 0 Å². The molecule has 0 aromatic heterocycles. The zero-order valence-electron chi connectivity index (χ0n) is 64.8. The Morgan fingerprint density at radius 1 is 0.293 bits per heavy atom. The molecular formula is C80H156O17P2. The van der Waals surface area contributed by atoms with Crippen LogP contribution in [0, 0.1) is 11.8 Å². The average molecular weight is 1450 g/mol. The van der Waals surface area contributed by atoms with Gasteiger partial charge >= 0.3 is 39.5 Å². The first-order valence-electron chi connectivity index (χ1n) is 41.5. The zero-order chi connectivity index (χ0) is 72.8. The fourth-order valence-electron chi connectivity index (χ4n) is 12.3. The van der Waals surface area contributed by atoms with E-state index in [0.717, 1.165) is 108 Å². The molecule has 0 fully saturated rings. The Balaban J connectivity index is 5.18. The molecule has 99 heavy (non-hydrogen) atoms. The molecule has 0 aromatic rings. The summed E-state index contributed by atoms with van der Waals surface area (Å²) in [7, 11) is -9.91. The molecule has 588 valence electrons. The van der Waals surface area contributed by atoms with Gasteiger partial charge in [0.2, 0.25) is 0 Å². The second-order valence-corrected chi connectivity index (χ2v) is 32.4. The number of hydrogen-bond acceptors (Lipinski definition) is 15. The molecule has 0 aliphatic rings. The number of aliphatic hydroxyl groups is 1. The van der Waals surface area contributed by atoms with E-state index in [0.29, 0.717) is 25.7 Å². The summed E-state index contributed by atoms with van der Waals surface area (Å²) in [5, 5.41) is 10.6. The number of ether oxygens (including phenoxy) is 4. The fourth-order valence-corrected chi connectivity index (χ4v) is 13.9. The second kappa shape index (κ2) is 71.7. The molecule has 0 aliphatic heterocycles. The zero-order valence-corrected chi connectivity index (χ0v) is 66.6. The fraction of sp³-hybridized carbons (Fsp3) is 0.950. The normalized spacial score (nSPS) is 14.2. The van der Waals surface area contributed by atoms with Gasteiger partial charge in [0.05, 0.1) is 26.4 Å². The quantitative estimate of drug-likeness (QED) is 0.0222. The van der Waals surface area contributed by atoms with Crippen LogP contribution in [-0.4, -0.2) is 96.7 Å². The number of carbonyl (C=O) groups excluding carboxylic acids is 4. The van der Waals surface area contributed by atoms with Gasteiger partial charge in [-0.3, -0.25) is 37.3 Å². The van der Waals surface area contributed by atoms with E-state index in [2.05, 4.69) is 41.5 Å². The number of rotatable bonds is 79. The van der Waals surface area contributed by atoms with Crippen LogP contribution in [0.2, 0.25) is 0 Å². The van der Waals surface area contributed by atoms with Crippen LogP contribution < -0.4 is 0 Å². The summed E-state index contributed by atoms with van der Waals surface area (Å²) >= 11 is 0. The average Bonchev–Trinajstić information content (AvgIpc) is 1.24. The highest BCUT2D eigenvalue weighted by Gasteiger charge is 2.30. The van der Waals surface area contributed by atoms with Crippen molar-refractivity contribution in [3.05, 3.63) is 0 Å². The largest absolute Gasteiger partial charge is 0.472 e. The summed E-state index contributed by atoms with van der Waals surface area (Å²) in [5.74, 6) is -0.459. The maximum absolute atomic E-state index is 13.1. The molecular weight excluding hydrogens is 1290 g/mol. The summed E-state index contributed by atoms with van der Waals surface area (Å²) in [4.78, 5) is 72.9. The molecule has 0 aromatic carbocycles. The van der Waals surface area contributed by atoms with Gasteiger partial charge in [-0.1, -0.05) is 369 Å². The molecule has 3 unspecified atom stereocenters. The van der Waals surface area contributed by atoms with Gasteiger partial charge in [-0.15, -0.1) is 0 Å². The van der Waals surface area contributed by atoms with Crippen LogP contribution in [-0.2, 0) is 65.4 Å². The van der Waals surface area contributed by atoms with Crippen LogP contribution in [0.25, 0.3) is 0 Å². The van der Waals surface area contributed by atoms with E-state index in [9.17, 15) is 43.2 Å². The Morgan fingerprint density at radius 3 is 0.768 bits per heavy atom. The van der Waals surface area contributed by atoms with E-state index < -0.39 is 97.5 Å². The Morgan fingerprint density at radius 2 is 0.515 bits per heavy atom. The SMILES string of the molecule is CCCCCCCCCCCCCCCCC(=O)O[C@H](COC(=O)CCCCCCCCCC)COP(=O)(O)OC[C@H](O)COP(=O)(O)OC[C@@H](COC(=O)CCCCCCCCCCCCCCC(C)C)OC(=O)CCCCCCCCCCCCCCCCCCCCC(C)CC. The third-order valence-electron chi connectivity index (χ3n) is 19.1. The smallest absolute Gasteiger partial charge is 0.462 e. The van der Waals surface area contributed by atoms with Crippen molar-refractivity contribution in [2.24, 2.45) is 11.8 Å². The minimum atomic E-state index is -4.96. The minimum Gasteiger partial charge on any atom is -0.462 e. The van der Waals surface area contributed by atoms with Gasteiger partial charge < -0.3 is 33.8 Å². The number of esters is 4. The maximum Gasteiger partial charge on any atom is 0.472 e. The highest BCUT2D eigenvalue weighted by Crippen LogP contribution is 2.45. The number of hydrogen-bond donors (Lipinski definition) is 3. The lowest BCUT2D eigenvalue weighted by Crippen LogP contribution is -2.30. The third kappa shape index (κ3) is 72.8. The maximum atomic E-state index is 13.1. The summed E-state index contributed by atoms with van der Waals surface area (Å²) in [5.41, 5.74) is 0. The van der Waals surface area contributed by atoms with Gasteiger partial charge in [0.25, 0.3) is 0 Å². The van der Waals surface area contributed by atoms with Crippen LogP contribution in [0.1, 0.15) is 420 Å². The molecule has 0 saturated carbocycles. The molecule has 6 atom stereocenters. The Kier molecular flexibility index (Phi) is 70.3. The Hall–Kier alpha value is -1.94. The topological polar surface area (TPSA) is 237 Å². The molecule has 0 spiro atoms. The van der Waals surface area contributed by atoms with Crippen molar-refractivity contribution >= 4 is 39.5 Å². The van der Waals surface area contributed by atoms with E-state index in [1.165, 1.54) is 231 Å². The van der Waals surface area contributed by atoms with Gasteiger partial charge in [-0.25, -0.2) is 9.13 Å². The van der Waals surface area contributed by atoms with E-state index in [-0.39, 0.29) is 25.7 Å². The first-order valence-corrected chi connectivity index (χ1v) is 44.5. The van der Waals surface area contributed by atoms with Gasteiger partial charge in [0.15, 0.2) is 12.2 Å². The summed E-state index contributed by atoms with van der Waals surface area (Å²) in [6.45, 7) is 9.68. The number of carbonyl (C=O) groups is 4. The van der Waals surface area contributed by atoms with Crippen molar-refractivity contribution in [1.82, 2.24) is 0 Å². The predicted octanol–water partition coefficient (Wildman–Crippen LogP) is 23.9. The summed E-state index contributed by atoms with van der Waals surface area (Å²) in [6.07, 6.45) is 61.0. The molecule has 0 heterocycles. The molecule has 0 amide bonds. The lowest BCUT2D eigenvalue weighted by Gasteiger charge is -2.21. The number of phosphoric ester groups is 2. The first kappa shape index (κ1) is 97.1. The van der Waals surface area contributed by atoms with Crippen molar-refractivity contribution in [2.75, 3.05) is 39.6 Å². The number of unbranched alkanes of at least 4 members (excludes halogenated alkanes) is 48. The third-order valence-corrected chi connectivity index (χ3v) is 21.0. The summed E-state index contributed by atoms with van der Waals surface area (Å²) in [6, 6.07) is 0. The second-order valence-electron chi connectivity index (χ2n) is 29.5. The molecule has 0 saturated heterocycles. The van der Waals surface area contributed by atoms with Crippen molar-refractivity contribution in [2.45, 2.75) is 439 Å². The molecule has 0 bridgehead atoms. The number of aliphatic hydroxyl groups excluding tert-OH is 1. The van der Waals surface area contributed by atoms with Crippen molar-refractivity contribution in [3.63, 3.8) is 0 Å². The highest BCUT2D eigenvalue weighted by molar-refractivity contribution is 7.47. The predicted molar refractivity (Wildman–Crippen MR) is 405 cm³/mol. The molecule has 19 heteroatoms. The van der Waals surface area contributed by atoms with Crippen LogP contribution in [0.15, 0.2) is 0 Å². The molecule has 17 nitrogen and oxygen atoms in total. The lowest BCUT2D eigenvalue weighted by atomic mass is 9.99. The molecule has 0 rings (SSSR count).